The molecule has 0 amide bonds. The average molecular weight is 264 g/mol. The summed E-state index contributed by atoms with van der Waals surface area (Å²) in [6.07, 6.45) is 9.78. The number of unbranched alkanes of at least 4 members (excludes halogenated alkanes) is 5. The van der Waals surface area contributed by atoms with Crippen molar-refractivity contribution < 1.29 is 9.50 Å². The Morgan fingerprint density at radius 3 is 2.68 bits per heavy atom. The molecule has 2 rings (SSSR count). The molecule has 0 spiro atoms. The van der Waals surface area contributed by atoms with E-state index < -0.39 is 5.60 Å². The fourth-order valence-corrected chi connectivity index (χ4v) is 3.16. The maximum absolute atomic E-state index is 13.2. The Morgan fingerprint density at radius 1 is 1.16 bits per heavy atom. The van der Waals surface area contributed by atoms with E-state index in [4.69, 9.17) is 0 Å². The van der Waals surface area contributed by atoms with E-state index in [1.54, 1.807) is 12.1 Å². The summed E-state index contributed by atoms with van der Waals surface area (Å²) >= 11 is 0. The lowest BCUT2D eigenvalue weighted by Crippen LogP contribution is -2.22. The molecule has 1 atom stereocenters. The monoisotopic (exact) mass is 264 g/mol. The first-order valence-electron chi connectivity index (χ1n) is 7.67. The molecule has 1 aliphatic carbocycles. The Hall–Kier alpha value is -0.890. The van der Waals surface area contributed by atoms with Crippen molar-refractivity contribution in [2.45, 2.75) is 70.3 Å². The Balaban J connectivity index is 1.84. The molecule has 0 saturated carbocycles. The normalized spacial score (nSPS) is 21.6. The highest BCUT2D eigenvalue weighted by molar-refractivity contribution is 5.37. The van der Waals surface area contributed by atoms with Gasteiger partial charge in [0.25, 0.3) is 0 Å². The van der Waals surface area contributed by atoms with Crippen LogP contribution in [-0.2, 0) is 12.0 Å². The largest absolute Gasteiger partial charge is 0.385 e. The highest BCUT2D eigenvalue weighted by atomic mass is 19.1. The van der Waals surface area contributed by atoms with Crippen LogP contribution in [0.3, 0.4) is 0 Å². The van der Waals surface area contributed by atoms with Crippen LogP contribution in [0.2, 0.25) is 0 Å². The second-order valence-corrected chi connectivity index (χ2v) is 5.85. The zero-order chi connectivity index (χ0) is 13.7. The molecular formula is C17H25FO. The van der Waals surface area contributed by atoms with Gasteiger partial charge in [0.1, 0.15) is 5.82 Å². The van der Waals surface area contributed by atoms with E-state index in [1.165, 1.54) is 38.2 Å². The van der Waals surface area contributed by atoms with Crippen molar-refractivity contribution in [3.8, 4) is 0 Å². The van der Waals surface area contributed by atoms with Gasteiger partial charge in [0.15, 0.2) is 0 Å². The molecule has 0 radical (unpaired) electrons. The van der Waals surface area contributed by atoms with Gasteiger partial charge in [0.2, 0.25) is 0 Å². The van der Waals surface area contributed by atoms with Crippen molar-refractivity contribution >= 4 is 0 Å². The molecule has 1 aliphatic rings. The third-order valence-corrected chi connectivity index (χ3v) is 4.32. The van der Waals surface area contributed by atoms with Gasteiger partial charge in [0, 0.05) is 0 Å². The van der Waals surface area contributed by atoms with E-state index in [2.05, 4.69) is 6.92 Å². The summed E-state index contributed by atoms with van der Waals surface area (Å²) in [5.41, 5.74) is 1.25. The predicted molar refractivity (Wildman–Crippen MR) is 76.6 cm³/mol. The Kier molecular flexibility index (Phi) is 4.98. The van der Waals surface area contributed by atoms with E-state index in [-0.39, 0.29) is 5.82 Å². The van der Waals surface area contributed by atoms with Crippen LogP contribution in [0.4, 0.5) is 4.39 Å². The van der Waals surface area contributed by atoms with E-state index in [1.807, 2.05) is 0 Å². The van der Waals surface area contributed by atoms with Crippen LogP contribution in [0, 0.1) is 5.82 Å². The van der Waals surface area contributed by atoms with Gasteiger partial charge in [-0.15, -0.1) is 0 Å². The summed E-state index contributed by atoms with van der Waals surface area (Å²) in [5.74, 6) is -0.192. The van der Waals surface area contributed by atoms with Gasteiger partial charge in [0.05, 0.1) is 5.60 Å². The zero-order valence-corrected chi connectivity index (χ0v) is 11.9. The van der Waals surface area contributed by atoms with E-state index in [9.17, 15) is 9.50 Å². The molecule has 0 saturated heterocycles. The Morgan fingerprint density at radius 2 is 1.89 bits per heavy atom. The second kappa shape index (κ2) is 6.51. The van der Waals surface area contributed by atoms with E-state index >= 15 is 0 Å². The third-order valence-electron chi connectivity index (χ3n) is 4.32. The highest BCUT2D eigenvalue weighted by Gasteiger charge is 2.35. The first-order valence-corrected chi connectivity index (χ1v) is 7.67. The van der Waals surface area contributed by atoms with Crippen LogP contribution < -0.4 is 0 Å². The zero-order valence-electron chi connectivity index (χ0n) is 11.9. The minimum atomic E-state index is -0.701. The smallest absolute Gasteiger partial charge is 0.123 e. The SMILES string of the molecule is CCCCCCCCC1(O)CCc2cc(F)ccc21. The van der Waals surface area contributed by atoms with Crippen LogP contribution in [0.25, 0.3) is 0 Å². The van der Waals surface area contributed by atoms with Gasteiger partial charge in [-0.2, -0.15) is 0 Å². The summed E-state index contributed by atoms with van der Waals surface area (Å²) in [6.45, 7) is 2.22. The summed E-state index contributed by atoms with van der Waals surface area (Å²) < 4.78 is 13.2. The summed E-state index contributed by atoms with van der Waals surface area (Å²) in [4.78, 5) is 0. The number of rotatable bonds is 7. The first-order chi connectivity index (χ1) is 9.15. The molecule has 0 heterocycles. The molecule has 0 aromatic heterocycles. The maximum Gasteiger partial charge on any atom is 0.123 e. The number of halogens is 1. The van der Waals surface area contributed by atoms with Crippen molar-refractivity contribution in [3.05, 3.63) is 35.1 Å². The molecule has 1 aromatic carbocycles. The maximum atomic E-state index is 13.2. The van der Waals surface area contributed by atoms with Gasteiger partial charge in [-0.25, -0.2) is 4.39 Å². The minimum absolute atomic E-state index is 0.192. The number of hydrogen-bond donors (Lipinski definition) is 1. The number of fused-ring (bicyclic) bond motifs is 1. The van der Waals surface area contributed by atoms with Crippen LogP contribution >= 0.6 is 0 Å². The van der Waals surface area contributed by atoms with Crippen LogP contribution in [-0.4, -0.2) is 5.11 Å². The van der Waals surface area contributed by atoms with Gasteiger partial charge in [-0.05, 0) is 42.5 Å². The molecular weight excluding hydrogens is 239 g/mol. The fraction of sp³-hybridized carbons (Fsp3) is 0.647. The standard InChI is InChI=1S/C17H25FO/c1-2-3-4-5-6-7-11-17(19)12-10-14-13-15(18)8-9-16(14)17/h8-9,13,19H,2-7,10-12H2,1H3. The number of aryl methyl sites for hydroxylation is 1. The number of aliphatic hydroxyl groups is 1. The number of hydrogen-bond acceptors (Lipinski definition) is 1. The molecule has 1 N–H and O–H groups in total. The van der Waals surface area contributed by atoms with Gasteiger partial charge < -0.3 is 5.11 Å². The molecule has 106 valence electrons. The summed E-state index contributed by atoms with van der Waals surface area (Å²) in [7, 11) is 0. The lowest BCUT2D eigenvalue weighted by molar-refractivity contribution is 0.0267. The van der Waals surface area contributed by atoms with Crippen molar-refractivity contribution in [2.75, 3.05) is 0 Å². The molecule has 19 heavy (non-hydrogen) atoms. The summed E-state index contributed by atoms with van der Waals surface area (Å²) in [5, 5.41) is 10.7. The molecule has 0 bridgehead atoms. The van der Waals surface area contributed by atoms with Crippen molar-refractivity contribution in [1.29, 1.82) is 0 Å². The topological polar surface area (TPSA) is 20.2 Å². The van der Waals surface area contributed by atoms with Crippen LogP contribution in [0.15, 0.2) is 18.2 Å². The fourth-order valence-electron chi connectivity index (χ4n) is 3.16. The molecule has 1 unspecified atom stereocenters. The van der Waals surface area contributed by atoms with Gasteiger partial charge >= 0.3 is 0 Å². The van der Waals surface area contributed by atoms with Gasteiger partial charge in [-0.1, -0.05) is 51.5 Å². The number of benzene rings is 1. The third kappa shape index (κ3) is 3.56. The Labute approximate surface area is 115 Å². The molecule has 2 heteroatoms. The van der Waals surface area contributed by atoms with Gasteiger partial charge in [-0.3, -0.25) is 0 Å². The van der Waals surface area contributed by atoms with Crippen molar-refractivity contribution in [2.24, 2.45) is 0 Å². The van der Waals surface area contributed by atoms with Crippen molar-refractivity contribution in [1.82, 2.24) is 0 Å². The van der Waals surface area contributed by atoms with E-state index in [0.717, 1.165) is 36.8 Å². The highest BCUT2D eigenvalue weighted by Crippen LogP contribution is 2.40. The second-order valence-electron chi connectivity index (χ2n) is 5.85. The average Bonchev–Trinajstić information content (AvgIpc) is 2.71. The lowest BCUT2D eigenvalue weighted by atomic mass is 9.89. The quantitative estimate of drug-likeness (QED) is 0.707. The van der Waals surface area contributed by atoms with Crippen LogP contribution in [0.1, 0.15) is 69.4 Å². The molecule has 0 aliphatic heterocycles. The van der Waals surface area contributed by atoms with Crippen LogP contribution in [0.5, 0.6) is 0 Å². The molecule has 0 fully saturated rings. The minimum Gasteiger partial charge on any atom is -0.385 e. The van der Waals surface area contributed by atoms with E-state index in [0.29, 0.717) is 0 Å². The lowest BCUT2D eigenvalue weighted by Gasteiger charge is -2.24. The molecule has 1 aromatic rings. The first kappa shape index (κ1) is 14.5. The Bertz CT molecular complexity index is 416. The van der Waals surface area contributed by atoms with Crippen molar-refractivity contribution in [3.63, 3.8) is 0 Å². The summed E-state index contributed by atoms with van der Waals surface area (Å²) in [6, 6.07) is 4.82. The molecule has 1 nitrogen and oxygen atoms in total. The predicted octanol–water partition coefficient (Wildman–Crippen LogP) is 4.71.